The Balaban J connectivity index is 1.62. The summed E-state index contributed by atoms with van der Waals surface area (Å²) in [6, 6.07) is 10.4. The van der Waals surface area contributed by atoms with E-state index in [-0.39, 0.29) is 17.8 Å². The third kappa shape index (κ3) is 8.19. The van der Waals surface area contributed by atoms with Crippen LogP contribution in [-0.4, -0.2) is 6.18 Å². The van der Waals surface area contributed by atoms with Gasteiger partial charge in [0.15, 0.2) is 0 Å². The molecule has 0 bridgehead atoms. The summed E-state index contributed by atoms with van der Waals surface area (Å²) < 4.78 is 38.0. The minimum absolute atomic E-state index is 0.0577. The second-order valence-corrected chi connectivity index (χ2v) is 10.1. The van der Waals surface area contributed by atoms with E-state index in [0.717, 1.165) is 18.8 Å². The molecule has 0 unspecified atom stereocenters. The summed E-state index contributed by atoms with van der Waals surface area (Å²) in [5.74, 6) is 1.53. The van der Waals surface area contributed by atoms with E-state index >= 15 is 0 Å². The average molecular weight is 459 g/mol. The molecule has 0 aliphatic heterocycles. The minimum Gasteiger partial charge on any atom is -0.171 e. The highest BCUT2D eigenvalue weighted by Gasteiger charge is 2.36. The third-order valence-electron chi connectivity index (χ3n) is 7.64. The van der Waals surface area contributed by atoms with Crippen molar-refractivity contribution in [1.29, 1.82) is 0 Å². The Morgan fingerprint density at radius 2 is 1.58 bits per heavy atom. The maximum absolute atomic E-state index is 12.7. The summed E-state index contributed by atoms with van der Waals surface area (Å²) in [4.78, 5) is 0. The van der Waals surface area contributed by atoms with Gasteiger partial charge in [-0.05, 0) is 36.7 Å². The lowest BCUT2D eigenvalue weighted by Gasteiger charge is -2.41. The Hall–Kier alpha value is -1.77. The fourth-order valence-electron chi connectivity index (χ4n) is 5.60. The van der Waals surface area contributed by atoms with Gasteiger partial charge in [-0.2, -0.15) is 13.2 Å². The van der Waals surface area contributed by atoms with Gasteiger partial charge < -0.3 is 0 Å². The van der Waals surface area contributed by atoms with Crippen molar-refractivity contribution in [2.45, 2.75) is 96.1 Å². The molecule has 0 nitrogen and oxygen atoms in total. The molecule has 0 heterocycles. The van der Waals surface area contributed by atoms with Crippen molar-refractivity contribution in [3.05, 3.63) is 72.4 Å². The normalized spacial score (nSPS) is 27.9. The Kier molecular flexibility index (Phi) is 9.89. The third-order valence-corrected chi connectivity index (χ3v) is 7.64. The van der Waals surface area contributed by atoms with Gasteiger partial charge in [-0.25, -0.2) is 0 Å². The van der Waals surface area contributed by atoms with Gasteiger partial charge in [-0.1, -0.05) is 125 Å². The van der Waals surface area contributed by atoms with Crippen LogP contribution in [0, 0.1) is 17.3 Å². The molecule has 2 aliphatic rings. The molecule has 0 amide bonds. The molecule has 0 N–H and O–H groups in total. The molecule has 0 aromatic heterocycles. The first-order valence-corrected chi connectivity index (χ1v) is 13.1. The van der Waals surface area contributed by atoms with Gasteiger partial charge in [0.05, 0.1) is 0 Å². The molecular weight excluding hydrogens is 417 g/mol. The predicted octanol–water partition coefficient (Wildman–Crippen LogP) is 9.95. The molecule has 2 aliphatic carbocycles. The second-order valence-electron chi connectivity index (χ2n) is 10.1. The number of alkyl halides is 3. The van der Waals surface area contributed by atoms with Crippen molar-refractivity contribution >= 4 is 0 Å². The Labute approximate surface area is 199 Å². The molecule has 0 spiro atoms. The zero-order chi connectivity index (χ0) is 23.6. The summed E-state index contributed by atoms with van der Waals surface area (Å²) in [7, 11) is 0. The van der Waals surface area contributed by atoms with Crippen LogP contribution in [0.5, 0.6) is 0 Å². The molecule has 1 fully saturated rings. The summed E-state index contributed by atoms with van der Waals surface area (Å²) in [5.41, 5.74) is 1.01. The fourth-order valence-corrected chi connectivity index (χ4v) is 5.60. The summed E-state index contributed by atoms with van der Waals surface area (Å²) in [6.07, 6.45) is 21.0. The topological polar surface area (TPSA) is 0 Å². The van der Waals surface area contributed by atoms with Crippen LogP contribution in [0.15, 0.2) is 66.8 Å². The van der Waals surface area contributed by atoms with Gasteiger partial charge in [0, 0.05) is 17.8 Å². The number of hydrogen-bond acceptors (Lipinski definition) is 0. The molecule has 0 radical (unpaired) electrons. The van der Waals surface area contributed by atoms with Crippen LogP contribution in [-0.2, 0) is 0 Å². The summed E-state index contributed by atoms with van der Waals surface area (Å²) in [6.45, 7) is 2.25. The van der Waals surface area contributed by atoms with E-state index in [1.54, 1.807) is 6.08 Å². The van der Waals surface area contributed by atoms with E-state index in [2.05, 4.69) is 61.6 Å². The first-order valence-electron chi connectivity index (χ1n) is 13.1. The Bertz CT molecular complexity index is 749. The van der Waals surface area contributed by atoms with Gasteiger partial charge in [0.1, 0.15) is 0 Å². The van der Waals surface area contributed by atoms with E-state index in [1.165, 1.54) is 56.9 Å². The van der Waals surface area contributed by atoms with Gasteiger partial charge in [-0.15, -0.1) is 0 Å². The number of benzene rings is 1. The van der Waals surface area contributed by atoms with Crippen molar-refractivity contribution in [2.75, 3.05) is 0 Å². The number of allylic oxidation sites excluding steroid dienone is 6. The molecule has 0 atom stereocenters. The predicted molar refractivity (Wildman–Crippen MR) is 133 cm³/mol. The maximum atomic E-state index is 12.7. The van der Waals surface area contributed by atoms with E-state index in [4.69, 9.17) is 0 Å². The molecule has 3 rings (SSSR count). The van der Waals surface area contributed by atoms with E-state index in [1.807, 2.05) is 6.07 Å². The van der Waals surface area contributed by atoms with Crippen LogP contribution in [0.3, 0.4) is 0 Å². The molecule has 0 saturated heterocycles. The van der Waals surface area contributed by atoms with Crippen molar-refractivity contribution < 1.29 is 13.2 Å². The molecule has 1 aromatic carbocycles. The smallest absolute Gasteiger partial charge is 0.171 e. The van der Waals surface area contributed by atoms with Crippen molar-refractivity contribution in [3.63, 3.8) is 0 Å². The Morgan fingerprint density at radius 3 is 2.21 bits per heavy atom. The monoisotopic (exact) mass is 458 g/mol. The highest BCUT2D eigenvalue weighted by molar-refractivity contribution is 5.37. The quantitative estimate of drug-likeness (QED) is 0.229. The maximum Gasteiger partial charge on any atom is 0.389 e. The van der Waals surface area contributed by atoms with E-state index < -0.39 is 12.6 Å². The van der Waals surface area contributed by atoms with E-state index in [9.17, 15) is 13.2 Å². The van der Waals surface area contributed by atoms with Gasteiger partial charge in [0.2, 0.25) is 0 Å². The molecule has 182 valence electrons. The SMILES string of the molecule is CCCCCCCC1CCC(C2(/C=C/CCC(F)(F)F)C=CC(c3ccccc3)C=C2)CC1. The molecule has 3 heteroatoms. The van der Waals surface area contributed by atoms with Crippen molar-refractivity contribution in [3.8, 4) is 0 Å². The van der Waals surface area contributed by atoms with Crippen LogP contribution >= 0.6 is 0 Å². The Morgan fingerprint density at radius 1 is 0.909 bits per heavy atom. The lowest BCUT2D eigenvalue weighted by molar-refractivity contribution is -0.133. The fraction of sp³-hybridized carbons (Fsp3) is 0.600. The first-order chi connectivity index (χ1) is 15.9. The highest BCUT2D eigenvalue weighted by atomic mass is 19.4. The number of halogens is 3. The van der Waals surface area contributed by atoms with Crippen molar-refractivity contribution in [2.24, 2.45) is 17.3 Å². The zero-order valence-corrected chi connectivity index (χ0v) is 20.2. The van der Waals surface area contributed by atoms with Crippen LogP contribution in [0.4, 0.5) is 13.2 Å². The van der Waals surface area contributed by atoms with Crippen LogP contribution in [0.2, 0.25) is 0 Å². The molecule has 1 aromatic rings. The number of unbranched alkanes of at least 4 members (excludes halogenated alkanes) is 4. The van der Waals surface area contributed by atoms with Crippen LogP contribution in [0.1, 0.15) is 95.5 Å². The summed E-state index contributed by atoms with van der Waals surface area (Å²) in [5, 5.41) is 0. The van der Waals surface area contributed by atoms with Crippen LogP contribution < -0.4 is 0 Å². The molecule has 33 heavy (non-hydrogen) atoms. The largest absolute Gasteiger partial charge is 0.389 e. The lowest BCUT2D eigenvalue weighted by atomic mass is 9.64. The highest BCUT2D eigenvalue weighted by Crippen LogP contribution is 2.47. The standard InChI is InChI=1S/C30H41F3/c1-2-3-4-5-7-12-25-15-17-28(18-16-25)29(21-10-11-22-30(31,32)33)23-19-27(20-24-29)26-13-8-6-9-14-26/h6,8-10,13-14,19-21,23-25,27-28H,2-5,7,11-12,15-18,22H2,1H3/b21-10+. The minimum atomic E-state index is -4.09. The second kappa shape index (κ2) is 12.6. The first kappa shape index (κ1) is 25.8. The molecular formula is C30H41F3. The summed E-state index contributed by atoms with van der Waals surface area (Å²) >= 11 is 0. The number of rotatable bonds is 11. The van der Waals surface area contributed by atoms with E-state index in [0.29, 0.717) is 5.92 Å². The van der Waals surface area contributed by atoms with Gasteiger partial charge >= 0.3 is 6.18 Å². The molecule has 1 saturated carbocycles. The van der Waals surface area contributed by atoms with Gasteiger partial charge in [-0.3, -0.25) is 0 Å². The average Bonchev–Trinajstić information content (AvgIpc) is 2.82. The van der Waals surface area contributed by atoms with Crippen molar-refractivity contribution in [1.82, 2.24) is 0 Å². The van der Waals surface area contributed by atoms with Gasteiger partial charge in [0.25, 0.3) is 0 Å². The van der Waals surface area contributed by atoms with Crippen LogP contribution in [0.25, 0.3) is 0 Å². The lowest BCUT2D eigenvalue weighted by Crippen LogP contribution is -2.30. The number of hydrogen-bond donors (Lipinski definition) is 0. The zero-order valence-electron chi connectivity index (χ0n) is 20.2.